The lowest BCUT2D eigenvalue weighted by molar-refractivity contribution is -0.120. The van der Waals surface area contributed by atoms with E-state index in [0.29, 0.717) is 51.9 Å². The molecule has 0 aliphatic carbocycles. The molecular weight excluding hydrogens is 756 g/mol. The Hall–Kier alpha value is -4.20. The van der Waals surface area contributed by atoms with Crippen molar-refractivity contribution >= 4 is 51.8 Å². The van der Waals surface area contributed by atoms with E-state index in [4.69, 9.17) is 39.6 Å². The number of nitrogens with zero attached hydrogens (tertiary/aromatic N) is 4. The number of hydrogen-bond acceptors (Lipinski definition) is 14. The molecule has 2 amide bonds. The molecular formula is C39H61ClN10O7. The van der Waals surface area contributed by atoms with Gasteiger partial charge in [-0.25, -0.2) is 9.97 Å². The van der Waals surface area contributed by atoms with Crippen molar-refractivity contribution < 1.29 is 35.1 Å². The smallest absolute Gasteiger partial charge is 0.280 e. The van der Waals surface area contributed by atoms with E-state index < -0.39 is 48.9 Å². The lowest BCUT2D eigenvalue weighted by Crippen LogP contribution is -2.50. The third kappa shape index (κ3) is 15.2. The lowest BCUT2D eigenvalue weighted by atomic mass is 9.93. The summed E-state index contributed by atoms with van der Waals surface area (Å²) < 4.78 is 0. The molecule has 5 atom stereocenters. The number of amides is 2. The second-order valence-electron chi connectivity index (χ2n) is 14.2. The molecule has 17 nitrogen and oxygen atoms in total. The molecule has 1 heterocycles. The second kappa shape index (κ2) is 24.5. The number of benzene rings is 2. The number of nitrogens with one attached hydrogen (secondary N) is 2. The Labute approximate surface area is 338 Å². The number of rotatable bonds is 26. The van der Waals surface area contributed by atoms with Crippen LogP contribution in [0.25, 0.3) is 10.8 Å². The van der Waals surface area contributed by atoms with Crippen molar-refractivity contribution in [3.05, 3.63) is 58.4 Å². The van der Waals surface area contributed by atoms with Crippen LogP contribution < -0.4 is 33.6 Å². The van der Waals surface area contributed by atoms with E-state index in [1.807, 2.05) is 17.0 Å². The van der Waals surface area contributed by atoms with Crippen LogP contribution in [0.15, 0.2) is 41.4 Å². The Kier molecular flexibility index (Phi) is 20.3. The van der Waals surface area contributed by atoms with Gasteiger partial charge in [-0.2, -0.15) is 0 Å². The van der Waals surface area contributed by atoms with E-state index in [-0.39, 0.29) is 35.0 Å². The average molecular weight is 817 g/mol. The summed E-state index contributed by atoms with van der Waals surface area (Å²) in [5.41, 5.74) is 25.1. The van der Waals surface area contributed by atoms with E-state index >= 15 is 0 Å². The number of carbonyl (C=O) groups excluding carboxylic acids is 2. The maximum absolute atomic E-state index is 12.5. The molecule has 1 aromatic heterocycles. The molecule has 0 radical (unpaired) electrons. The zero-order valence-corrected chi connectivity index (χ0v) is 33.4. The topological polar surface area (TPSA) is 305 Å². The Morgan fingerprint density at radius 2 is 1.49 bits per heavy atom. The fourth-order valence-corrected chi connectivity index (χ4v) is 6.65. The van der Waals surface area contributed by atoms with Crippen molar-refractivity contribution in [1.29, 1.82) is 0 Å². The monoisotopic (exact) mass is 816 g/mol. The van der Waals surface area contributed by atoms with E-state index in [9.17, 15) is 30.0 Å². The highest BCUT2D eigenvalue weighted by Gasteiger charge is 2.31. The van der Waals surface area contributed by atoms with Gasteiger partial charge in [-0.3, -0.25) is 19.9 Å². The van der Waals surface area contributed by atoms with Gasteiger partial charge in [0, 0.05) is 13.1 Å². The number of aliphatic hydroxyl groups is 5. The van der Waals surface area contributed by atoms with Crippen LogP contribution in [0.3, 0.4) is 0 Å². The summed E-state index contributed by atoms with van der Waals surface area (Å²) in [7, 11) is 0. The molecule has 0 bridgehead atoms. The first-order valence-corrected chi connectivity index (χ1v) is 19.9. The predicted molar refractivity (Wildman–Crippen MR) is 222 cm³/mol. The Morgan fingerprint density at radius 3 is 2.14 bits per heavy atom. The molecule has 0 saturated heterocycles. The van der Waals surface area contributed by atoms with E-state index in [1.165, 1.54) is 5.56 Å². The molecule has 0 unspecified atom stereocenters. The number of unbranched alkanes of at least 4 members (excludes halogenated alkanes) is 4. The van der Waals surface area contributed by atoms with Gasteiger partial charge in [-0.05, 0) is 86.5 Å². The largest absolute Gasteiger partial charge is 0.394 e. The van der Waals surface area contributed by atoms with Gasteiger partial charge in [0.25, 0.3) is 5.91 Å². The van der Waals surface area contributed by atoms with Gasteiger partial charge < -0.3 is 58.7 Å². The number of aromatic nitrogens is 2. The van der Waals surface area contributed by atoms with Crippen LogP contribution in [0.2, 0.25) is 5.15 Å². The van der Waals surface area contributed by atoms with Gasteiger partial charge in [0.1, 0.15) is 18.3 Å². The van der Waals surface area contributed by atoms with Gasteiger partial charge in [0.15, 0.2) is 28.4 Å². The summed E-state index contributed by atoms with van der Waals surface area (Å²) >= 11 is 5.86. The number of hydrogen-bond donors (Lipinski definition) is 11. The number of fused-ring (bicyclic) bond motifs is 1. The number of halogens is 1. The second-order valence-corrected chi connectivity index (χ2v) is 14.6. The van der Waals surface area contributed by atoms with Crippen molar-refractivity contribution in [3.63, 3.8) is 0 Å². The number of carbonyl (C=O) groups is 2. The zero-order valence-electron chi connectivity index (χ0n) is 32.7. The summed E-state index contributed by atoms with van der Waals surface area (Å²) in [5.74, 6) is -1.49. The first-order valence-electron chi connectivity index (χ1n) is 19.5. The summed E-state index contributed by atoms with van der Waals surface area (Å²) in [6, 6.07) is 11.8. The SMILES string of the molecule is CCCCCCN(CCCN[C@@H](CCc1ccc(CCCCN=C(N)NC(=O)c2nc(Cl)c(N)nc2N)c2ccccc12)C(N)=O)C[C@H](O)[C@@H](O)[C@H](O)[C@H](O)CO. The fourth-order valence-electron chi connectivity index (χ4n) is 6.53. The Bertz CT molecular complexity index is 1750. The van der Waals surface area contributed by atoms with Gasteiger partial charge in [0.2, 0.25) is 5.91 Å². The first kappa shape index (κ1) is 47.2. The molecule has 18 heteroatoms. The van der Waals surface area contributed by atoms with Gasteiger partial charge in [0.05, 0.1) is 18.8 Å². The van der Waals surface area contributed by atoms with Crippen LogP contribution >= 0.6 is 11.6 Å². The maximum atomic E-state index is 12.5. The number of aliphatic hydroxyl groups excluding tert-OH is 5. The van der Waals surface area contributed by atoms with E-state index in [2.05, 4.69) is 56.8 Å². The van der Waals surface area contributed by atoms with E-state index in [1.54, 1.807) is 0 Å². The number of primary amides is 1. The molecule has 3 aromatic rings. The first-order chi connectivity index (χ1) is 27.3. The summed E-state index contributed by atoms with van der Waals surface area (Å²) in [4.78, 5) is 38.8. The van der Waals surface area contributed by atoms with Crippen LogP contribution in [0, 0.1) is 0 Å². The highest BCUT2D eigenvalue weighted by Crippen LogP contribution is 2.26. The summed E-state index contributed by atoms with van der Waals surface area (Å²) in [5, 5.41) is 57.6. The molecule has 0 aliphatic heterocycles. The van der Waals surface area contributed by atoms with Gasteiger partial charge >= 0.3 is 0 Å². The van der Waals surface area contributed by atoms with Crippen molar-refractivity contribution in [2.45, 2.75) is 102 Å². The summed E-state index contributed by atoms with van der Waals surface area (Å²) in [6.07, 6.45) is 1.93. The third-order valence-electron chi connectivity index (χ3n) is 9.79. The van der Waals surface area contributed by atoms with Crippen LogP contribution in [0.5, 0.6) is 0 Å². The fraction of sp³-hybridized carbons (Fsp3) is 0.564. The molecule has 2 aromatic carbocycles. The minimum atomic E-state index is -1.68. The molecule has 0 saturated carbocycles. The van der Waals surface area contributed by atoms with Gasteiger partial charge in [-0.1, -0.05) is 74.2 Å². The van der Waals surface area contributed by atoms with Crippen molar-refractivity contribution in [3.8, 4) is 0 Å². The van der Waals surface area contributed by atoms with Crippen molar-refractivity contribution in [2.75, 3.05) is 50.8 Å². The predicted octanol–water partition coefficient (Wildman–Crippen LogP) is 0.599. The third-order valence-corrected chi connectivity index (χ3v) is 10.1. The average Bonchev–Trinajstić information content (AvgIpc) is 3.19. The quantitative estimate of drug-likeness (QED) is 0.0301. The van der Waals surface area contributed by atoms with Crippen LogP contribution in [-0.4, -0.2) is 128 Å². The maximum Gasteiger partial charge on any atom is 0.280 e. The Balaban J connectivity index is 1.51. The molecule has 57 heavy (non-hydrogen) atoms. The number of aliphatic imine (C=N–C) groups is 1. The molecule has 0 aliphatic rings. The van der Waals surface area contributed by atoms with Gasteiger partial charge in [-0.15, -0.1) is 0 Å². The number of aryl methyl sites for hydroxylation is 2. The zero-order chi connectivity index (χ0) is 41.9. The molecule has 3 rings (SSSR count). The highest BCUT2D eigenvalue weighted by molar-refractivity contribution is 6.31. The number of nitrogen functional groups attached to an aromatic ring is 2. The lowest BCUT2D eigenvalue weighted by Gasteiger charge is -2.30. The van der Waals surface area contributed by atoms with Crippen LogP contribution in [0.1, 0.15) is 79.9 Å². The number of anilines is 2. The molecule has 0 spiro atoms. The molecule has 15 N–H and O–H groups in total. The molecule has 0 fully saturated rings. The number of guanidine groups is 1. The normalized spacial score (nSPS) is 14.7. The van der Waals surface area contributed by atoms with Crippen LogP contribution in [0.4, 0.5) is 11.6 Å². The minimum absolute atomic E-state index is 0.0714. The summed E-state index contributed by atoms with van der Waals surface area (Å²) in [6.45, 7) is 3.55. The van der Waals surface area contributed by atoms with Crippen molar-refractivity contribution in [1.82, 2.24) is 25.5 Å². The Morgan fingerprint density at radius 1 is 0.842 bits per heavy atom. The molecule has 316 valence electrons. The van der Waals surface area contributed by atoms with Crippen LogP contribution in [-0.2, 0) is 17.6 Å². The standard InChI is InChI=1S/C39H61ClN10O7/c1-2-3-4-9-20-50(22-29(52)32(54)33(55)30(53)23-51)21-10-19-45-28(37(43)56)17-16-25-15-14-24(26-12-5-6-13-27(25)26)11-7-8-18-46-39(44)49-38(57)31-35(41)48-36(42)34(40)47-31/h5-6,12-15,28-30,32-33,45,51-55H,2-4,7-11,16-23H2,1H3,(H2,43,56)(H4,41,42,48)(H3,44,46,49,57)/t28-,29-,30+,32+,33+/m0/s1. The minimum Gasteiger partial charge on any atom is -0.394 e. The van der Waals surface area contributed by atoms with E-state index in [0.717, 1.165) is 54.9 Å². The van der Waals surface area contributed by atoms with Crippen molar-refractivity contribution in [2.24, 2.45) is 16.5 Å². The number of nitrogens with two attached hydrogens (primary N) is 4. The highest BCUT2D eigenvalue weighted by atomic mass is 35.5.